The summed E-state index contributed by atoms with van der Waals surface area (Å²) in [6.07, 6.45) is 1.35. The Morgan fingerprint density at radius 3 is 2.65 bits per heavy atom. The Hall–Kier alpha value is -1.67. The third kappa shape index (κ3) is 3.07. The molecule has 1 heterocycles. The third-order valence-corrected chi connectivity index (χ3v) is 4.59. The summed E-state index contributed by atoms with van der Waals surface area (Å²) in [7, 11) is -4.06. The maximum atomic E-state index is 13.8. The smallest absolute Gasteiger partial charge is 0.264 e. The van der Waals surface area contributed by atoms with Gasteiger partial charge in [0.15, 0.2) is 0 Å². The summed E-state index contributed by atoms with van der Waals surface area (Å²) < 4.78 is 40.6. The van der Waals surface area contributed by atoms with Crippen molar-refractivity contribution in [3.8, 4) is 0 Å². The summed E-state index contributed by atoms with van der Waals surface area (Å²) in [5, 5.41) is 0. The first-order valence-electron chi connectivity index (χ1n) is 5.49. The molecule has 0 atom stereocenters. The fourth-order valence-electron chi connectivity index (χ4n) is 1.49. The van der Waals surface area contributed by atoms with E-state index in [1.807, 2.05) is 0 Å². The van der Waals surface area contributed by atoms with Gasteiger partial charge in [0.05, 0.1) is 11.9 Å². The Bertz CT molecular complexity index is 748. The number of hydrogen-bond donors (Lipinski definition) is 2. The Kier molecular flexibility index (Phi) is 3.96. The van der Waals surface area contributed by atoms with Crippen LogP contribution in [0.4, 0.5) is 15.8 Å². The number of aromatic nitrogens is 1. The van der Waals surface area contributed by atoms with Gasteiger partial charge in [0.1, 0.15) is 10.7 Å². The number of sulfonamides is 1. The zero-order valence-electron chi connectivity index (χ0n) is 10.4. The molecule has 106 valence electrons. The van der Waals surface area contributed by atoms with E-state index >= 15 is 0 Å². The van der Waals surface area contributed by atoms with Crippen LogP contribution in [0.15, 0.2) is 39.8 Å². The van der Waals surface area contributed by atoms with E-state index in [1.54, 1.807) is 19.1 Å². The van der Waals surface area contributed by atoms with Crippen LogP contribution in [0.1, 0.15) is 5.69 Å². The zero-order valence-corrected chi connectivity index (χ0v) is 12.8. The van der Waals surface area contributed by atoms with Gasteiger partial charge in [-0.2, -0.15) is 0 Å². The van der Waals surface area contributed by atoms with Crippen LogP contribution in [0.2, 0.25) is 0 Å². The van der Waals surface area contributed by atoms with E-state index in [4.69, 9.17) is 5.73 Å². The van der Waals surface area contributed by atoms with Gasteiger partial charge in [-0.3, -0.25) is 9.71 Å². The lowest BCUT2D eigenvalue weighted by atomic mass is 10.3. The standard InChI is InChI=1S/C12H11BrFN3O2S/c1-7-2-3-8(6-16-7)17-20(18,19)12-5-11(15)9(13)4-10(12)14/h2-6,17H,15H2,1H3. The quantitative estimate of drug-likeness (QED) is 0.825. The second-order valence-corrected chi connectivity index (χ2v) is 6.60. The van der Waals surface area contributed by atoms with Crippen LogP contribution in [-0.4, -0.2) is 13.4 Å². The summed E-state index contributed by atoms with van der Waals surface area (Å²) in [6, 6.07) is 5.25. The highest BCUT2D eigenvalue weighted by Crippen LogP contribution is 2.27. The number of rotatable bonds is 3. The van der Waals surface area contributed by atoms with Crippen LogP contribution in [0.3, 0.4) is 0 Å². The van der Waals surface area contributed by atoms with Gasteiger partial charge < -0.3 is 5.73 Å². The van der Waals surface area contributed by atoms with Crippen molar-refractivity contribution in [1.29, 1.82) is 0 Å². The molecule has 0 aliphatic carbocycles. The minimum absolute atomic E-state index is 0.133. The molecule has 0 unspecified atom stereocenters. The van der Waals surface area contributed by atoms with Gasteiger partial charge in [-0.15, -0.1) is 0 Å². The molecule has 0 saturated carbocycles. The second kappa shape index (κ2) is 5.37. The molecule has 5 nitrogen and oxygen atoms in total. The maximum absolute atomic E-state index is 13.8. The van der Waals surface area contributed by atoms with Crippen molar-refractivity contribution in [2.24, 2.45) is 0 Å². The molecule has 0 spiro atoms. The number of nitrogens with zero attached hydrogens (tertiary/aromatic N) is 1. The Balaban J connectivity index is 2.40. The van der Waals surface area contributed by atoms with Crippen molar-refractivity contribution in [3.05, 3.63) is 46.4 Å². The van der Waals surface area contributed by atoms with E-state index in [9.17, 15) is 12.8 Å². The van der Waals surface area contributed by atoms with Crippen LogP contribution in [0, 0.1) is 12.7 Å². The lowest BCUT2D eigenvalue weighted by Crippen LogP contribution is -2.15. The number of hydrogen-bond acceptors (Lipinski definition) is 4. The summed E-state index contributed by atoms with van der Waals surface area (Å²) in [6.45, 7) is 1.77. The predicted octanol–water partition coefficient (Wildman–Crippen LogP) is 2.67. The predicted molar refractivity (Wildman–Crippen MR) is 78.3 cm³/mol. The molecule has 3 N–H and O–H groups in total. The molecule has 0 bridgehead atoms. The monoisotopic (exact) mass is 359 g/mol. The molecule has 1 aromatic carbocycles. The molecule has 2 rings (SSSR count). The van der Waals surface area contributed by atoms with Crippen LogP contribution in [0.25, 0.3) is 0 Å². The number of aryl methyl sites for hydroxylation is 1. The fraction of sp³-hybridized carbons (Fsp3) is 0.0833. The topological polar surface area (TPSA) is 85.1 Å². The van der Waals surface area contributed by atoms with Crippen molar-refractivity contribution in [2.75, 3.05) is 10.5 Å². The van der Waals surface area contributed by atoms with E-state index in [-0.39, 0.29) is 11.4 Å². The van der Waals surface area contributed by atoms with E-state index in [0.29, 0.717) is 4.47 Å². The van der Waals surface area contributed by atoms with Crippen LogP contribution in [-0.2, 0) is 10.0 Å². The number of nitrogen functional groups attached to an aromatic ring is 1. The highest BCUT2D eigenvalue weighted by molar-refractivity contribution is 9.10. The second-order valence-electron chi connectivity index (χ2n) is 4.10. The number of halogens is 2. The Morgan fingerprint density at radius 1 is 1.35 bits per heavy atom. The van der Waals surface area contributed by atoms with Crippen molar-refractivity contribution >= 4 is 37.3 Å². The largest absolute Gasteiger partial charge is 0.398 e. The first-order chi connectivity index (χ1) is 9.29. The van der Waals surface area contributed by atoms with Gasteiger partial charge in [0, 0.05) is 15.9 Å². The van der Waals surface area contributed by atoms with Crippen molar-refractivity contribution in [1.82, 2.24) is 4.98 Å². The maximum Gasteiger partial charge on any atom is 0.264 e. The summed E-state index contributed by atoms with van der Waals surface area (Å²) in [5.74, 6) is -0.890. The lowest BCUT2D eigenvalue weighted by molar-refractivity contribution is 0.570. The zero-order chi connectivity index (χ0) is 14.9. The van der Waals surface area contributed by atoms with Gasteiger partial charge in [0.2, 0.25) is 0 Å². The SMILES string of the molecule is Cc1ccc(NS(=O)(=O)c2cc(N)c(Br)cc2F)cn1. The molecule has 1 aromatic heterocycles. The normalized spacial score (nSPS) is 11.3. The van der Waals surface area contributed by atoms with Crippen molar-refractivity contribution < 1.29 is 12.8 Å². The molecular weight excluding hydrogens is 349 g/mol. The van der Waals surface area contributed by atoms with E-state index in [0.717, 1.165) is 17.8 Å². The molecule has 8 heteroatoms. The van der Waals surface area contributed by atoms with Gasteiger partial charge in [-0.05, 0) is 47.1 Å². The van der Waals surface area contributed by atoms with Crippen LogP contribution < -0.4 is 10.5 Å². The minimum Gasteiger partial charge on any atom is -0.398 e. The fourth-order valence-corrected chi connectivity index (χ4v) is 2.94. The highest BCUT2D eigenvalue weighted by Gasteiger charge is 2.21. The van der Waals surface area contributed by atoms with Crippen molar-refractivity contribution in [3.63, 3.8) is 0 Å². The number of pyridine rings is 1. The minimum atomic E-state index is -4.06. The van der Waals surface area contributed by atoms with Crippen LogP contribution >= 0.6 is 15.9 Å². The lowest BCUT2D eigenvalue weighted by Gasteiger charge is -2.10. The first kappa shape index (κ1) is 14.7. The number of benzene rings is 1. The molecule has 0 aliphatic rings. The molecule has 20 heavy (non-hydrogen) atoms. The van der Waals surface area contributed by atoms with Gasteiger partial charge in [0.25, 0.3) is 10.0 Å². The average molecular weight is 360 g/mol. The summed E-state index contributed by atoms with van der Waals surface area (Å²) in [4.78, 5) is 3.44. The van der Waals surface area contributed by atoms with E-state index in [2.05, 4.69) is 25.6 Å². The molecule has 0 amide bonds. The van der Waals surface area contributed by atoms with E-state index in [1.165, 1.54) is 6.20 Å². The molecule has 0 aliphatic heterocycles. The summed E-state index contributed by atoms with van der Waals surface area (Å²) >= 11 is 3.03. The Labute approximate surface area is 124 Å². The van der Waals surface area contributed by atoms with Gasteiger partial charge >= 0.3 is 0 Å². The first-order valence-corrected chi connectivity index (χ1v) is 7.77. The molecule has 0 radical (unpaired) electrons. The number of nitrogens with one attached hydrogen (secondary N) is 1. The number of anilines is 2. The Morgan fingerprint density at radius 2 is 2.05 bits per heavy atom. The molecule has 0 fully saturated rings. The van der Waals surface area contributed by atoms with Crippen molar-refractivity contribution in [2.45, 2.75) is 11.8 Å². The average Bonchev–Trinajstić information content (AvgIpc) is 2.36. The highest BCUT2D eigenvalue weighted by atomic mass is 79.9. The van der Waals surface area contributed by atoms with Crippen LogP contribution in [0.5, 0.6) is 0 Å². The van der Waals surface area contributed by atoms with Gasteiger partial charge in [-0.1, -0.05) is 0 Å². The molecule has 0 saturated heterocycles. The van der Waals surface area contributed by atoms with Gasteiger partial charge in [-0.25, -0.2) is 12.8 Å². The summed E-state index contributed by atoms with van der Waals surface area (Å²) in [5.41, 5.74) is 6.70. The number of nitrogens with two attached hydrogens (primary N) is 1. The van der Waals surface area contributed by atoms with E-state index < -0.39 is 20.7 Å². The molecule has 2 aromatic rings. The third-order valence-electron chi connectivity index (χ3n) is 2.50. The molecular formula is C12H11BrFN3O2S.